The highest BCUT2D eigenvalue weighted by molar-refractivity contribution is 6.03. The van der Waals surface area contributed by atoms with Gasteiger partial charge in [0.25, 0.3) is 5.91 Å². The summed E-state index contributed by atoms with van der Waals surface area (Å²) < 4.78 is 12.9. The van der Waals surface area contributed by atoms with Gasteiger partial charge in [-0.1, -0.05) is 6.07 Å². The van der Waals surface area contributed by atoms with Crippen molar-refractivity contribution >= 4 is 17.3 Å². The summed E-state index contributed by atoms with van der Waals surface area (Å²) in [5.74, 6) is -0.980. The number of benzene rings is 1. The third-order valence-corrected chi connectivity index (χ3v) is 3.13. The van der Waals surface area contributed by atoms with Gasteiger partial charge in [-0.25, -0.2) is 15.0 Å². The van der Waals surface area contributed by atoms with Gasteiger partial charge >= 0.3 is 0 Å². The molecule has 0 atom stereocenters. The van der Waals surface area contributed by atoms with Gasteiger partial charge in [0, 0.05) is 24.2 Å². The van der Waals surface area contributed by atoms with Crippen LogP contribution >= 0.6 is 0 Å². The first-order valence-electron chi connectivity index (χ1n) is 6.73. The summed E-state index contributed by atoms with van der Waals surface area (Å²) >= 11 is 0. The number of carbonyl (C=O) groups excluding carboxylic acids is 1. The third kappa shape index (κ3) is 3.29. The lowest BCUT2D eigenvalue weighted by atomic mass is 10.1. The standard InChI is InChI=1S/C16H12FN5O/c17-14-5-3-11(9-21-14)10-2-4-12(18)13(8-10)22-16(23)15-19-6-1-7-20-15/h1-9H,18H2,(H,22,23). The van der Waals surface area contributed by atoms with Crippen LogP contribution in [0.5, 0.6) is 0 Å². The Kier molecular flexibility index (Phi) is 3.92. The molecule has 0 radical (unpaired) electrons. The van der Waals surface area contributed by atoms with Crippen LogP contribution in [0.3, 0.4) is 0 Å². The van der Waals surface area contributed by atoms with Crippen molar-refractivity contribution in [2.24, 2.45) is 0 Å². The van der Waals surface area contributed by atoms with E-state index in [0.29, 0.717) is 16.9 Å². The number of hydrogen-bond donors (Lipinski definition) is 2. The van der Waals surface area contributed by atoms with Crippen molar-refractivity contribution in [1.82, 2.24) is 15.0 Å². The monoisotopic (exact) mass is 309 g/mol. The fraction of sp³-hybridized carbons (Fsp3) is 0. The molecule has 3 rings (SSSR count). The molecule has 0 saturated heterocycles. The summed E-state index contributed by atoms with van der Waals surface area (Å²) in [5, 5.41) is 2.66. The first-order chi connectivity index (χ1) is 11.1. The van der Waals surface area contributed by atoms with E-state index < -0.39 is 11.9 Å². The van der Waals surface area contributed by atoms with Crippen molar-refractivity contribution in [3.8, 4) is 11.1 Å². The maximum absolute atomic E-state index is 12.9. The Morgan fingerprint density at radius 3 is 2.48 bits per heavy atom. The van der Waals surface area contributed by atoms with Crippen LogP contribution in [-0.2, 0) is 0 Å². The first-order valence-corrected chi connectivity index (χ1v) is 6.73. The molecular formula is C16H12FN5O. The number of carbonyl (C=O) groups is 1. The maximum Gasteiger partial charge on any atom is 0.293 e. The molecule has 7 heteroatoms. The normalized spacial score (nSPS) is 10.3. The fourth-order valence-electron chi connectivity index (χ4n) is 1.99. The molecule has 0 aliphatic heterocycles. The number of hydrogen-bond acceptors (Lipinski definition) is 5. The summed E-state index contributed by atoms with van der Waals surface area (Å²) in [6.45, 7) is 0. The number of anilines is 2. The van der Waals surface area contributed by atoms with Gasteiger partial charge in [0.2, 0.25) is 11.8 Å². The van der Waals surface area contributed by atoms with Gasteiger partial charge in [0.05, 0.1) is 11.4 Å². The molecule has 0 fully saturated rings. The van der Waals surface area contributed by atoms with Gasteiger partial charge in [-0.05, 0) is 35.9 Å². The second kappa shape index (κ2) is 6.18. The second-order valence-corrected chi connectivity index (χ2v) is 4.70. The molecule has 2 heterocycles. The summed E-state index contributed by atoms with van der Waals surface area (Å²) in [6.07, 6.45) is 4.37. The molecule has 114 valence electrons. The van der Waals surface area contributed by atoms with Crippen LogP contribution in [0.25, 0.3) is 11.1 Å². The molecule has 1 aromatic carbocycles. The molecule has 1 amide bonds. The number of halogens is 1. The Morgan fingerprint density at radius 1 is 1.04 bits per heavy atom. The van der Waals surface area contributed by atoms with Crippen LogP contribution in [0.1, 0.15) is 10.6 Å². The van der Waals surface area contributed by atoms with Gasteiger partial charge < -0.3 is 11.1 Å². The Bertz CT molecular complexity index is 837. The van der Waals surface area contributed by atoms with Gasteiger partial charge in [-0.2, -0.15) is 4.39 Å². The molecule has 2 aromatic heterocycles. The molecule has 0 saturated carbocycles. The topological polar surface area (TPSA) is 93.8 Å². The summed E-state index contributed by atoms with van der Waals surface area (Å²) in [6, 6.07) is 9.58. The summed E-state index contributed by atoms with van der Waals surface area (Å²) in [5.41, 5.74) is 8.16. The number of aromatic nitrogens is 3. The quantitative estimate of drug-likeness (QED) is 0.572. The van der Waals surface area contributed by atoms with Crippen LogP contribution < -0.4 is 11.1 Å². The zero-order valence-electron chi connectivity index (χ0n) is 11.9. The predicted molar refractivity (Wildman–Crippen MR) is 84.0 cm³/mol. The molecule has 0 aliphatic rings. The van der Waals surface area contributed by atoms with Crippen LogP contribution in [0.4, 0.5) is 15.8 Å². The highest BCUT2D eigenvalue weighted by Crippen LogP contribution is 2.27. The van der Waals surface area contributed by atoms with Crippen LogP contribution in [0, 0.1) is 5.95 Å². The Hall–Kier alpha value is -3.35. The maximum atomic E-state index is 12.9. The van der Waals surface area contributed by atoms with Crippen LogP contribution in [0.2, 0.25) is 0 Å². The van der Waals surface area contributed by atoms with Crippen molar-refractivity contribution in [3.63, 3.8) is 0 Å². The average molecular weight is 309 g/mol. The number of nitrogen functional groups attached to an aromatic ring is 1. The van der Waals surface area contributed by atoms with Crippen LogP contribution in [0.15, 0.2) is 55.0 Å². The lowest BCUT2D eigenvalue weighted by Gasteiger charge is -2.10. The average Bonchev–Trinajstić information content (AvgIpc) is 2.58. The summed E-state index contributed by atoms with van der Waals surface area (Å²) in [4.78, 5) is 23.5. The Labute approximate surface area is 131 Å². The van der Waals surface area contributed by atoms with Crippen molar-refractivity contribution in [3.05, 3.63) is 66.8 Å². The van der Waals surface area contributed by atoms with Crippen molar-refractivity contribution in [2.75, 3.05) is 11.1 Å². The van der Waals surface area contributed by atoms with Crippen molar-refractivity contribution in [1.29, 1.82) is 0 Å². The molecule has 0 bridgehead atoms. The fourth-order valence-corrected chi connectivity index (χ4v) is 1.99. The molecule has 23 heavy (non-hydrogen) atoms. The van der Waals surface area contributed by atoms with Crippen LogP contribution in [-0.4, -0.2) is 20.9 Å². The van der Waals surface area contributed by atoms with Gasteiger partial charge in [0.15, 0.2) is 0 Å². The predicted octanol–water partition coefficient (Wildman–Crippen LogP) is 2.51. The van der Waals surface area contributed by atoms with E-state index >= 15 is 0 Å². The number of amides is 1. The number of nitrogens with zero attached hydrogens (tertiary/aromatic N) is 3. The second-order valence-electron chi connectivity index (χ2n) is 4.70. The zero-order valence-corrected chi connectivity index (χ0v) is 11.9. The number of rotatable bonds is 3. The number of nitrogens with two attached hydrogens (primary N) is 1. The molecule has 3 aromatic rings. The first kappa shape index (κ1) is 14.6. The lowest BCUT2D eigenvalue weighted by molar-refractivity contribution is 0.101. The minimum Gasteiger partial charge on any atom is -0.397 e. The van der Waals surface area contributed by atoms with E-state index in [0.717, 1.165) is 5.56 Å². The van der Waals surface area contributed by atoms with E-state index in [9.17, 15) is 9.18 Å². The third-order valence-electron chi connectivity index (χ3n) is 3.13. The zero-order chi connectivity index (χ0) is 16.2. The number of pyridine rings is 1. The molecule has 0 unspecified atom stereocenters. The highest BCUT2D eigenvalue weighted by atomic mass is 19.1. The van der Waals surface area contributed by atoms with E-state index in [1.54, 1.807) is 30.3 Å². The van der Waals surface area contributed by atoms with Crippen molar-refractivity contribution in [2.45, 2.75) is 0 Å². The summed E-state index contributed by atoms with van der Waals surface area (Å²) in [7, 11) is 0. The smallest absolute Gasteiger partial charge is 0.293 e. The van der Waals surface area contributed by atoms with E-state index in [-0.39, 0.29) is 5.82 Å². The molecule has 0 aliphatic carbocycles. The minimum atomic E-state index is -0.557. The largest absolute Gasteiger partial charge is 0.397 e. The van der Waals surface area contributed by atoms with Crippen molar-refractivity contribution < 1.29 is 9.18 Å². The van der Waals surface area contributed by atoms with Gasteiger partial charge in [0.1, 0.15) is 0 Å². The molecular weight excluding hydrogens is 297 g/mol. The molecule has 0 spiro atoms. The molecule has 6 nitrogen and oxygen atoms in total. The van der Waals surface area contributed by atoms with Gasteiger partial charge in [-0.3, -0.25) is 4.79 Å². The Morgan fingerprint density at radius 2 is 1.78 bits per heavy atom. The van der Waals surface area contributed by atoms with E-state index in [1.807, 2.05) is 0 Å². The van der Waals surface area contributed by atoms with Gasteiger partial charge in [-0.15, -0.1) is 0 Å². The minimum absolute atomic E-state index is 0.0424. The van der Waals surface area contributed by atoms with E-state index in [2.05, 4.69) is 20.3 Å². The van der Waals surface area contributed by atoms with E-state index in [1.165, 1.54) is 24.7 Å². The highest BCUT2D eigenvalue weighted by Gasteiger charge is 2.11. The Balaban J connectivity index is 1.89. The number of nitrogens with one attached hydrogen (secondary N) is 1. The SMILES string of the molecule is Nc1ccc(-c2ccc(F)nc2)cc1NC(=O)c1ncccn1. The molecule has 3 N–H and O–H groups in total. The van der Waals surface area contributed by atoms with E-state index in [4.69, 9.17) is 5.73 Å². The lowest BCUT2D eigenvalue weighted by Crippen LogP contribution is -2.16.